The third-order valence-corrected chi connectivity index (χ3v) is 0.973. The maximum Gasteiger partial charge on any atom is 0.293 e. The zero-order chi connectivity index (χ0) is 7.82. The van der Waals surface area contributed by atoms with Crippen LogP contribution in [-0.2, 0) is 9.53 Å². The first kappa shape index (κ1) is 9.17. The van der Waals surface area contributed by atoms with Gasteiger partial charge in [0.15, 0.2) is 0 Å². The van der Waals surface area contributed by atoms with E-state index in [0.717, 1.165) is 0 Å². The smallest absolute Gasteiger partial charge is 0.293 e. The van der Waals surface area contributed by atoms with E-state index in [2.05, 4.69) is 4.74 Å². The molecule has 0 amide bonds. The molecule has 58 valence electrons. The lowest BCUT2D eigenvalue weighted by atomic mass is 10.3. The molecule has 1 atom stereocenters. The minimum atomic E-state index is -0.191. The number of hydrogen-bond acceptors (Lipinski definition) is 3. The van der Waals surface area contributed by atoms with Gasteiger partial charge < -0.3 is 9.84 Å². The fraction of sp³-hybridized carbons (Fsp3) is 0.571. The molecule has 3 nitrogen and oxygen atoms in total. The highest BCUT2D eigenvalue weighted by Gasteiger charge is 1.91. The molecule has 3 heteroatoms. The van der Waals surface area contributed by atoms with Crippen molar-refractivity contribution in [2.45, 2.75) is 19.4 Å². The number of aliphatic hydroxyl groups excluding tert-OH is 1. The number of hydrogen-bond donors (Lipinski definition) is 1. The Morgan fingerprint density at radius 2 is 2.40 bits per heavy atom. The second-order valence-electron chi connectivity index (χ2n) is 1.88. The molecule has 0 aliphatic carbocycles. The molecular formula is C7H12O3. The lowest BCUT2D eigenvalue weighted by Gasteiger charge is -2.00. The largest absolute Gasteiger partial charge is 0.461 e. The van der Waals surface area contributed by atoms with E-state index in [4.69, 9.17) is 5.11 Å². The summed E-state index contributed by atoms with van der Waals surface area (Å²) in [5.41, 5.74) is 0. The van der Waals surface area contributed by atoms with Crippen molar-refractivity contribution in [2.75, 3.05) is 6.61 Å². The van der Waals surface area contributed by atoms with Crippen LogP contribution in [0, 0.1) is 0 Å². The molecule has 0 aromatic rings. The topological polar surface area (TPSA) is 46.5 Å². The van der Waals surface area contributed by atoms with Crippen LogP contribution in [0.15, 0.2) is 12.2 Å². The fourth-order valence-corrected chi connectivity index (χ4v) is 0.495. The molecule has 0 bridgehead atoms. The fourth-order valence-electron chi connectivity index (χ4n) is 0.495. The van der Waals surface area contributed by atoms with Crippen molar-refractivity contribution in [3.8, 4) is 0 Å². The SMILES string of the molecule is C[C@H](/C=C/CCO)OC=O. The lowest BCUT2D eigenvalue weighted by Crippen LogP contribution is -2.01. The Morgan fingerprint density at radius 3 is 2.90 bits per heavy atom. The Balaban J connectivity index is 3.34. The first-order valence-corrected chi connectivity index (χ1v) is 3.18. The average Bonchev–Trinajstić information content (AvgIpc) is 1.89. The van der Waals surface area contributed by atoms with Crippen LogP contribution < -0.4 is 0 Å². The summed E-state index contributed by atoms with van der Waals surface area (Å²) in [6.45, 7) is 2.29. The number of rotatable bonds is 5. The van der Waals surface area contributed by atoms with E-state index in [0.29, 0.717) is 12.9 Å². The van der Waals surface area contributed by atoms with Crippen LogP contribution in [0.5, 0.6) is 0 Å². The Labute approximate surface area is 60.3 Å². The minimum absolute atomic E-state index is 0.129. The molecule has 0 aromatic heterocycles. The van der Waals surface area contributed by atoms with E-state index in [9.17, 15) is 4.79 Å². The molecule has 0 radical (unpaired) electrons. The molecule has 0 fully saturated rings. The summed E-state index contributed by atoms with van der Waals surface area (Å²) in [6.07, 6.45) is 3.91. The highest BCUT2D eigenvalue weighted by atomic mass is 16.5. The van der Waals surface area contributed by atoms with Crippen LogP contribution in [0.2, 0.25) is 0 Å². The van der Waals surface area contributed by atoms with Crippen molar-refractivity contribution < 1.29 is 14.6 Å². The Morgan fingerprint density at radius 1 is 1.70 bits per heavy atom. The average molecular weight is 144 g/mol. The first-order chi connectivity index (χ1) is 4.81. The first-order valence-electron chi connectivity index (χ1n) is 3.18. The maximum absolute atomic E-state index is 9.74. The van der Waals surface area contributed by atoms with Crippen LogP contribution in [0.1, 0.15) is 13.3 Å². The van der Waals surface area contributed by atoms with E-state index in [-0.39, 0.29) is 12.7 Å². The van der Waals surface area contributed by atoms with Gasteiger partial charge in [-0.2, -0.15) is 0 Å². The van der Waals surface area contributed by atoms with Gasteiger partial charge in [0.2, 0.25) is 0 Å². The van der Waals surface area contributed by atoms with E-state index >= 15 is 0 Å². The number of carbonyl (C=O) groups is 1. The molecule has 0 spiro atoms. The highest BCUT2D eigenvalue weighted by Crippen LogP contribution is 1.91. The third kappa shape index (κ3) is 5.31. The molecule has 0 saturated carbocycles. The van der Waals surface area contributed by atoms with E-state index < -0.39 is 0 Å². The number of ether oxygens (including phenoxy) is 1. The zero-order valence-corrected chi connectivity index (χ0v) is 5.99. The van der Waals surface area contributed by atoms with Gasteiger partial charge in [-0.1, -0.05) is 6.08 Å². The maximum atomic E-state index is 9.74. The number of aliphatic hydroxyl groups is 1. The summed E-state index contributed by atoms with van der Waals surface area (Å²) in [5.74, 6) is 0. The van der Waals surface area contributed by atoms with Crippen molar-refractivity contribution in [3.05, 3.63) is 12.2 Å². The summed E-state index contributed by atoms with van der Waals surface area (Å²) >= 11 is 0. The summed E-state index contributed by atoms with van der Waals surface area (Å²) < 4.78 is 4.54. The van der Waals surface area contributed by atoms with E-state index in [1.165, 1.54) is 0 Å². The quantitative estimate of drug-likeness (QED) is 0.451. The van der Waals surface area contributed by atoms with Gasteiger partial charge in [-0.3, -0.25) is 4.79 Å². The standard InChI is InChI=1S/C7H12O3/c1-7(10-6-9)4-2-3-5-8/h2,4,6-8H,3,5H2,1H3/b4-2+/t7-/m1/s1. The number of carbonyl (C=O) groups excluding carboxylic acids is 1. The van der Waals surface area contributed by atoms with Crippen molar-refractivity contribution in [1.82, 2.24) is 0 Å². The van der Waals surface area contributed by atoms with Gasteiger partial charge in [0.05, 0.1) is 0 Å². The van der Waals surface area contributed by atoms with Crippen molar-refractivity contribution in [1.29, 1.82) is 0 Å². The predicted molar refractivity (Wildman–Crippen MR) is 37.5 cm³/mol. The highest BCUT2D eigenvalue weighted by molar-refractivity contribution is 5.37. The summed E-state index contributed by atoms with van der Waals surface area (Å²) in [4.78, 5) is 9.74. The normalized spacial score (nSPS) is 13.4. The van der Waals surface area contributed by atoms with Crippen molar-refractivity contribution in [3.63, 3.8) is 0 Å². The van der Waals surface area contributed by atoms with Crippen LogP contribution in [0.4, 0.5) is 0 Å². The molecule has 0 aromatic carbocycles. The van der Waals surface area contributed by atoms with Crippen LogP contribution in [-0.4, -0.2) is 24.3 Å². The van der Waals surface area contributed by atoms with Crippen LogP contribution in [0.3, 0.4) is 0 Å². The molecule has 0 rings (SSSR count). The molecule has 1 N–H and O–H groups in total. The molecule has 0 aliphatic rings. The van der Waals surface area contributed by atoms with Crippen LogP contribution >= 0.6 is 0 Å². The second kappa shape index (κ2) is 6.29. The van der Waals surface area contributed by atoms with E-state index in [1.54, 1.807) is 19.1 Å². The van der Waals surface area contributed by atoms with Crippen LogP contribution in [0.25, 0.3) is 0 Å². The van der Waals surface area contributed by atoms with Gasteiger partial charge in [0.1, 0.15) is 6.10 Å². The van der Waals surface area contributed by atoms with E-state index in [1.807, 2.05) is 0 Å². The molecular weight excluding hydrogens is 132 g/mol. The minimum Gasteiger partial charge on any atom is -0.461 e. The summed E-state index contributed by atoms with van der Waals surface area (Å²) in [7, 11) is 0. The molecule has 10 heavy (non-hydrogen) atoms. The monoisotopic (exact) mass is 144 g/mol. The molecule has 0 saturated heterocycles. The van der Waals surface area contributed by atoms with Crippen molar-refractivity contribution in [2.24, 2.45) is 0 Å². The summed E-state index contributed by atoms with van der Waals surface area (Å²) in [5, 5.41) is 8.35. The Hall–Kier alpha value is -0.830. The van der Waals surface area contributed by atoms with Crippen molar-refractivity contribution >= 4 is 6.47 Å². The second-order valence-corrected chi connectivity index (χ2v) is 1.88. The van der Waals surface area contributed by atoms with Gasteiger partial charge in [-0.15, -0.1) is 0 Å². The zero-order valence-electron chi connectivity index (χ0n) is 5.99. The summed E-state index contributed by atoms with van der Waals surface area (Å²) in [6, 6.07) is 0. The van der Waals surface area contributed by atoms with Gasteiger partial charge in [0.25, 0.3) is 6.47 Å². The van der Waals surface area contributed by atoms with Gasteiger partial charge in [-0.05, 0) is 19.4 Å². The Kier molecular flexibility index (Phi) is 5.77. The molecule has 0 heterocycles. The lowest BCUT2D eigenvalue weighted by molar-refractivity contribution is -0.130. The third-order valence-electron chi connectivity index (χ3n) is 0.973. The van der Waals surface area contributed by atoms with Gasteiger partial charge in [-0.25, -0.2) is 0 Å². The van der Waals surface area contributed by atoms with Gasteiger partial charge in [0, 0.05) is 6.61 Å². The van der Waals surface area contributed by atoms with Gasteiger partial charge >= 0.3 is 0 Å². The Bertz CT molecular complexity index is 109. The predicted octanol–water partition coefficient (Wildman–Crippen LogP) is 0.486. The molecule has 0 unspecified atom stereocenters. The molecule has 0 aliphatic heterocycles.